The van der Waals surface area contributed by atoms with Gasteiger partial charge >= 0.3 is 0 Å². The van der Waals surface area contributed by atoms with Crippen molar-refractivity contribution in [2.45, 2.75) is 19.3 Å². The summed E-state index contributed by atoms with van der Waals surface area (Å²) in [6.45, 7) is 0. The van der Waals surface area contributed by atoms with Gasteiger partial charge in [0.2, 0.25) is 0 Å². The molecule has 0 bridgehead atoms. The van der Waals surface area contributed by atoms with Gasteiger partial charge in [0.15, 0.2) is 4.77 Å². The lowest BCUT2D eigenvalue weighted by molar-refractivity contribution is 0.713. The zero-order valence-corrected chi connectivity index (χ0v) is 7.32. The first kappa shape index (κ1) is 7.03. The van der Waals surface area contributed by atoms with Crippen molar-refractivity contribution in [1.82, 2.24) is 14.8 Å². The maximum atomic E-state index is 4.99. The van der Waals surface area contributed by atoms with Crippen molar-refractivity contribution in [1.29, 1.82) is 0 Å². The smallest absolute Gasteiger partial charge is 0.194 e. The molecule has 0 spiro atoms. The molecule has 4 heteroatoms. The molecule has 0 amide bonds. The molecule has 1 fully saturated rings. The summed E-state index contributed by atoms with van der Waals surface area (Å²) in [6.07, 6.45) is 3.81. The van der Waals surface area contributed by atoms with E-state index < -0.39 is 0 Å². The molecular formula is C7H11N3S. The van der Waals surface area contributed by atoms with E-state index >= 15 is 0 Å². The van der Waals surface area contributed by atoms with Gasteiger partial charge in [-0.25, -0.2) is 0 Å². The van der Waals surface area contributed by atoms with Crippen molar-refractivity contribution in [3.8, 4) is 0 Å². The van der Waals surface area contributed by atoms with Gasteiger partial charge in [0.25, 0.3) is 0 Å². The Hall–Kier alpha value is -0.640. The second-order valence-electron chi connectivity index (χ2n) is 3.15. The van der Waals surface area contributed by atoms with Crippen LogP contribution in [0.15, 0.2) is 0 Å². The summed E-state index contributed by atoms with van der Waals surface area (Å²) < 4.78 is 2.67. The summed E-state index contributed by atoms with van der Waals surface area (Å²) in [5, 5.41) is 6.93. The van der Waals surface area contributed by atoms with Crippen LogP contribution in [0.4, 0.5) is 0 Å². The van der Waals surface area contributed by atoms with E-state index in [-0.39, 0.29) is 0 Å². The number of aromatic amines is 1. The lowest BCUT2D eigenvalue weighted by Crippen LogP contribution is -1.98. The zero-order valence-electron chi connectivity index (χ0n) is 6.50. The molecule has 3 nitrogen and oxygen atoms in total. The summed E-state index contributed by atoms with van der Waals surface area (Å²) in [6, 6.07) is 0. The van der Waals surface area contributed by atoms with Gasteiger partial charge in [-0.1, -0.05) is 0 Å². The fourth-order valence-electron chi connectivity index (χ4n) is 1.14. The molecule has 0 aromatic carbocycles. The summed E-state index contributed by atoms with van der Waals surface area (Å²) in [4.78, 5) is 0. The largest absolute Gasteiger partial charge is 0.307 e. The number of nitrogens with one attached hydrogen (secondary N) is 1. The third kappa shape index (κ3) is 1.35. The minimum atomic E-state index is 0.723. The number of H-pyrrole nitrogens is 1. The Bertz CT molecular complexity index is 308. The minimum absolute atomic E-state index is 0.723. The van der Waals surface area contributed by atoms with E-state index in [2.05, 4.69) is 10.2 Å². The maximum Gasteiger partial charge on any atom is 0.194 e. The topological polar surface area (TPSA) is 33.6 Å². The van der Waals surface area contributed by atoms with E-state index in [0.717, 1.165) is 22.9 Å². The molecule has 0 radical (unpaired) electrons. The molecule has 1 aromatic rings. The number of hydrogen-bond donors (Lipinski definition) is 1. The average Bonchev–Trinajstić information content (AvgIpc) is 2.74. The standard InChI is InChI=1S/C7H11N3S/c1-10-6(4-5-2-3-5)8-9-7(10)11/h5H,2-4H2,1H3,(H,9,11). The second-order valence-corrected chi connectivity index (χ2v) is 3.54. The normalized spacial score (nSPS) is 17.2. The predicted molar refractivity (Wildman–Crippen MR) is 44.8 cm³/mol. The van der Waals surface area contributed by atoms with Gasteiger partial charge in [0.05, 0.1) is 0 Å². The quantitative estimate of drug-likeness (QED) is 0.679. The first-order chi connectivity index (χ1) is 5.27. The van der Waals surface area contributed by atoms with E-state index in [4.69, 9.17) is 12.2 Å². The van der Waals surface area contributed by atoms with Crippen LogP contribution < -0.4 is 0 Å². The molecule has 0 atom stereocenters. The molecule has 1 aliphatic carbocycles. The van der Waals surface area contributed by atoms with E-state index in [1.807, 2.05) is 11.6 Å². The zero-order chi connectivity index (χ0) is 7.84. The SMILES string of the molecule is Cn1c(CC2CC2)n[nH]c1=S. The molecule has 1 aromatic heterocycles. The molecule has 11 heavy (non-hydrogen) atoms. The molecule has 0 aliphatic heterocycles. The molecule has 0 unspecified atom stereocenters. The van der Waals surface area contributed by atoms with Crippen LogP contribution in [-0.4, -0.2) is 14.8 Å². The monoisotopic (exact) mass is 169 g/mol. The van der Waals surface area contributed by atoms with Gasteiger partial charge < -0.3 is 4.57 Å². The van der Waals surface area contributed by atoms with Crippen molar-refractivity contribution in [3.05, 3.63) is 10.6 Å². The highest BCUT2D eigenvalue weighted by atomic mass is 32.1. The highest BCUT2D eigenvalue weighted by Crippen LogP contribution is 2.31. The van der Waals surface area contributed by atoms with E-state index in [0.29, 0.717) is 0 Å². The average molecular weight is 169 g/mol. The van der Waals surface area contributed by atoms with Crippen LogP contribution in [-0.2, 0) is 13.5 Å². The molecule has 1 saturated carbocycles. The van der Waals surface area contributed by atoms with Gasteiger partial charge in [-0.15, -0.1) is 0 Å². The number of rotatable bonds is 2. The van der Waals surface area contributed by atoms with Gasteiger partial charge in [0.1, 0.15) is 5.82 Å². The highest BCUT2D eigenvalue weighted by Gasteiger charge is 2.23. The molecule has 0 saturated heterocycles. The van der Waals surface area contributed by atoms with Gasteiger partial charge in [-0.2, -0.15) is 5.10 Å². The lowest BCUT2D eigenvalue weighted by Gasteiger charge is -1.95. The summed E-state index contributed by atoms with van der Waals surface area (Å²) >= 11 is 4.99. The molecule has 1 aliphatic rings. The van der Waals surface area contributed by atoms with Gasteiger partial charge in [0, 0.05) is 13.5 Å². The van der Waals surface area contributed by atoms with Crippen molar-refractivity contribution in [2.24, 2.45) is 13.0 Å². The van der Waals surface area contributed by atoms with Crippen LogP contribution in [0.25, 0.3) is 0 Å². The Kier molecular flexibility index (Phi) is 1.56. The second kappa shape index (κ2) is 2.44. The number of aromatic nitrogens is 3. The van der Waals surface area contributed by atoms with Crippen LogP contribution >= 0.6 is 12.2 Å². The predicted octanol–water partition coefficient (Wildman–Crippen LogP) is 1.43. The molecule has 60 valence electrons. The number of hydrogen-bond acceptors (Lipinski definition) is 2. The number of nitrogens with zero attached hydrogens (tertiary/aromatic N) is 2. The Labute approximate surface area is 70.4 Å². The van der Waals surface area contributed by atoms with Gasteiger partial charge in [-0.05, 0) is 31.0 Å². The fraction of sp³-hybridized carbons (Fsp3) is 0.714. The fourth-order valence-corrected chi connectivity index (χ4v) is 1.29. The Morgan fingerprint density at radius 2 is 2.45 bits per heavy atom. The van der Waals surface area contributed by atoms with Crippen LogP contribution in [0, 0.1) is 10.7 Å². The van der Waals surface area contributed by atoms with Crippen molar-refractivity contribution >= 4 is 12.2 Å². The van der Waals surface area contributed by atoms with Crippen LogP contribution in [0.3, 0.4) is 0 Å². The highest BCUT2D eigenvalue weighted by molar-refractivity contribution is 7.71. The molecule has 2 rings (SSSR count). The molecule has 1 heterocycles. The Morgan fingerprint density at radius 1 is 1.73 bits per heavy atom. The van der Waals surface area contributed by atoms with Gasteiger partial charge in [-0.3, -0.25) is 5.10 Å². The summed E-state index contributed by atoms with van der Waals surface area (Å²) in [5.74, 6) is 1.97. The third-order valence-electron chi connectivity index (χ3n) is 2.14. The van der Waals surface area contributed by atoms with Crippen molar-refractivity contribution in [3.63, 3.8) is 0 Å². The van der Waals surface area contributed by atoms with Crippen molar-refractivity contribution in [2.75, 3.05) is 0 Å². The molecule has 1 N–H and O–H groups in total. The maximum absolute atomic E-state index is 4.99. The third-order valence-corrected chi connectivity index (χ3v) is 2.51. The van der Waals surface area contributed by atoms with E-state index in [9.17, 15) is 0 Å². The lowest BCUT2D eigenvalue weighted by atomic mass is 10.3. The van der Waals surface area contributed by atoms with Crippen LogP contribution in [0.1, 0.15) is 18.7 Å². The first-order valence-electron chi connectivity index (χ1n) is 3.87. The van der Waals surface area contributed by atoms with Crippen molar-refractivity contribution < 1.29 is 0 Å². The Morgan fingerprint density at radius 3 is 2.91 bits per heavy atom. The van der Waals surface area contributed by atoms with E-state index in [1.165, 1.54) is 12.8 Å². The first-order valence-corrected chi connectivity index (χ1v) is 4.28. The molecular weight excluding hydrogens is 158 g/mol. The van der Waals surface area contributed by atoms with E-state index in [1.54, 1.807) is 0 Å². The van der Waals surface area contributed by atoms with Crippen LogP contribution in [0.5, 0.6) is 0 Å². The van der Waals surface area contributed by atoms with Crippen LogP contribution in [0.2, 0.25) is 0 Å². The Balaban J connectivity index is 2.22. The summed E-state index contributed by atoms with van der Waals surface area (Å²) in [7, 11) is 1.96. The minimum Gasteiger partial charge on any atom is -0.307 e. The summed E-state index contributed by atoms with van der Waals surface area (Å²) in [5.41, 5.74) is 0.